The summed E-state index contributed by atoms with van der Waals surface area (Å²) in [5.41, 5.74) is 0. The number of amides is 1. The van der Waals surface area contributed by atoms with Gasteiger partial charge in [0.15, 0.2) is 0 Å². The monoisotopic (exact) mass is 395 g/mol. The molecule has 26 heavy (non-hydrogen) atoms. The van der Waals surface area contributed by atoms with Gasteiger partial charge in [0.2, 0.25) is 15.9 Å². The van der Waals surface area contributed by atoms with Gasteiger partial charge in [-0.05, 0) is 13.8 Å². The summed E-state index contributed by atoms with van der Waals surface area (Å²) in [6.45, 7) is 9.58. The van der Waals surface area contributed by atoms with Crippen LogP contribution in [0.1, 0.15) is 13.8 Å². The molecule has 1 N–H and O–H groups in total. The Morgan fingerprint density at radius 1 is 1.04 bits per heavy atom. The lowest BCUT2D eigenvalue weighted by Crippen LogP contribution is -2.49. The molecule has 0 spiro atoms. The number of piperazine rings is 1. The van der Waals surface area contributed by atoms with E-state index in [-0.39, 0.29) is 18.6 Å². The Labute approximate surface area is 157 Å². The number of nitrogens with one attached hydrogen (secondary N) is 1. The van der Waals surface area contributed by atoms with Crippen molar-refractivity contribution < 1.29 is 27.4 Å². The van der Waals surface area contributed by atoms with E-state index in [0.717, 1.165) is 19.6 Å². The van der Waals surface area contributed by atoms with Gasteiger partial charge in [-0.1, -0.05) is 0 Å². The van der Waals surface area contributed by atoms with Crippen LogP contribution in [-0.4, -0.2) is 108 Å². The van der Waals surface area contributed by atoms with Crippen molar-refractivity contribution in [1.29, 1.82) is 0 Å². The zero-order valence-corrected chi connectivity index (χ0v) is 16.9. The first-order valence-corrected chi connectivity index (χ1v) is 10.8. The topological polar surface area (TPSA) is 97.4 Å². The van der Waals surface area contributed by atoms with Gasteiger partial charge in [0.1, 0.15) is 6.61 Å². The molecule has 154 valence electrons. The van der Waals surface area contributed by atoms with Crippen molar-refractivity contribution in [1.82, 2.24) is 14.5 Å². The van der Waals surface area contributed by atoms with Crippen LogP contribution >= 0.6 is 0 Å². The number of nitrogens with zero attached hydrogens (tertiary/aromatic N) is 2. The smallest absolute Gasteiger partial charge is 0.246 e. The molecule has 0 bridgehead atoms. The highest BCUT2D eigenvalue weighted by Crippen LogP contribution is 2.05. The molecule has 0 saturated carbocycles. The summed E-state index contributed by atoms with van der Waals surface area (Å²) in [6.07, 6.45) is 1.29. The number of sulfonamides is 1. The number of hydrogen-bond acceptors (Lipinski definition) is 7. The molecule has 1 saturated heterocycles. The lowest BCUT2D eigenvalue weighted by Gasteiger charge is -2.33. The Morgan fingerprint density at radius 3 is 2.23 bits per heavy atom. The summed E-state index contributed by atoms with van der Waals surface area (Å²) in [7, 11) is -3.08. The van der Waals surface area contributed by atoms with Gasteiger partial charge in [-0.15, -0.1) is 0 Å². The molecule has 9 nitrogen and oxygen atoms in total. The van der Waals surface area contributed by atoms with Crippen LogP contribution in [0.25, 0.3) is 0 Å². The normalized spacial score (nSPS) is 16.9. The predicted octanol–water partition coefficient (Wildman–Crippen LogP) is -0.862. The fraction of sp³-hybridized carbons (Fsp3) is 0.938. The van der Waals surface area contributed by atoms with Crippen molar-refractivity contribution in [2.45, 2.75) is 20.0 Å². The summed E-state index contributed by atoms with van der Waals surface area (Å²) in [5, 5.41) is 2.71. The minimum atomic E-state index is -3.08. The van der Waals surface area contributed by atoms with Crippen LogP contribution in [0.4, 0.5) is 0 Å². The van der Waals surface area contributed by atoms with Gasteiger partial charge >= 0.3 is 0 Å². The summed E-state index contributed by atoms with van der Waals surface area (Å²) < 4.78 is 40.5. The maximum Gasteiger partial charge on any atom is 0.246 e. The van der Waals surface area contributed by atoms with Gasteiger partial charge < -0.3 is 19.5 Å². The predicted molar refractivity (Wildman–Crippen MR) is 98.6 cm³/mol. The van der Waals surface area contributed by atoms with Crippen molar-refractivity contribution in [3.05, 3.63) is 0 Å². The average molecular weight is 396 g/mol. The van der Waals surface area contributed by atoms with E-state index in [9.17, 15) is 13.2 Å². The Morgan fingerprint density at radius 2 is 1.65 bits per heavy atom. The summed E-state index contributed by atoms with van der Waals surface area (Å²) >= 11 is 0. The van der Waals surface area contributed by atoms with Crippen molar-refractivity contribution in [2.24, 2.45) is 0 Å². The van der Waals surface area contributed by atoms with Gasteiger partial charge in [0.25, 0.3) is 0 Å². The third kappa shape index (κ3) is 11.0. The molecule has 1 amide bonds. The first-order valence-electron chi connectivity index (χ1n) is 9.00. The van der Waals surface area contributed by atoms with Gasteiger partial charge in [0, 0.05) is 39.3 Å². The third-order valence-electron chi connectivity index (χ3n) is 3.84. The van der Waals surface area contributed by atoms with Crippen LogP contribution in [0.5, 0.6) is 0 Å². The minimum absolute atomic E-state index is 0.0395. The molecular weight excluding hydrogens is 362 g/mol. The standard InChI is InChI=1S/C16H33N3O6S/c1-15(2)25-14-16(20)17-4-10-23-12-13-24-11-9-18-5-7-19(8-6-18)26(3,21)22/h15H,4-14H2,1-3H3,(H,17,20). The first kappa shape index (κ1) is 23.3. The van der Waals surface area contributed by atoms with E-state index in [1.54, 1.807) is 0 Å². The third-order valence-corrected chi connectivity index (χ3v) is 5.14. The van der Waals surface area contributed by atoms with Crippen LogP contribution in [0.3, 0.4) is 0 Å². The lowest BCUT2D eigenvalue weighted by atomic mass is 10.3. The van der Waals surface area contributed by atoms with Crippen LogP contribution in [0.15, 0.2) is 0 Å². The second-order valence-corrected chi connectivity index (χ2v) is 8.42. The SMILES string of the molecule is CC(C)OCC(=O)NCCOCCOCCN1CCN(S(C)(=O)=O)CC1. The number of rotatable bonds is 13. The Hall–Kier alpha value is -0.780. The van der Waals surface area contributed by atoms with E-state index in [1.807, 2.05) is 13.8 Å². The number of ether oxygens (including phenoxy) is 3. The Bertz CT molecular complexity index is 492. The molecule has 10 heteroatoms. The van der Waals surface area contributed by atoms with E-state index >= 15 is 0 Å². The van der Waals surface area contributed by atoms with Gasteiger partial charge in [0.05, 0.1) is 38.8 Å². The van der Waals surface area contributed by atoms with Crippen LogP contribution in [0, 0.1) is 0 Å². The highest BCUT2D eigenvalue weighted by Gasteiger charge is 2.22. The van der Waals surface area contributed by atoms with Crippen LogP contribution < -0.4 is 5.32 Å². The minimum Gasteiger partial charge on any atom is -0.378 e. The molecule has 0 aromatic heterocycles. The quantitative estimate of drug-likeness (QED) is 0.405. The number of hydrogen-bond donors (Lipinski definition) is 1. The molecule has 1 heterocycles. The highest BCUT2D eigenvalue weighted by molar-refractivity contribution is 7.88. The Kier molecular flexibility index (Phi) is 11.3. The molecule has 0 aliphatic carbocycles. The fourth-order valence-corrected chi connectivity index (χ4v) is 3.18. The zero-order chi connectivity index (χ0) is 19.4. The van der Waals surface area contributed by atoms with Crippen molar-refractivity contribution in [3.8, 4) is 0 Å². The molecule has 1 rings (SSSR count). The van der Waals surface area contributed by atoms with Crippen molar-refractivity contribution >= 4 is 15.9 Å². The number of carbonyl (C=O) groups excluding carboxylic acids is 1. The summed E-state index contributed by atoms with van der Waals surface area (Å²) in [4.78, 5) is 13.6. The lowest BCUT2D eigenvalue weighted by molar-refractivity contribution is -0.127. The fourth-order valence-electron chi connectivity index (χ4n) is 2.36. The largest absolute Gasteiger partial charge is 0.378 e. The van der Waals surface area contributed by atoms with Gasteiger partial charge in [-0.3, -0.25) is 9.69 Å². The molecule has 0 radical (unpaired) electrons. The summed E-state index contributed by atoms with van der Waals surface area (Å²) in [6, 6.07) is 0. The van der Waals surface area contributed by atoms with E-state index in [1.165, 1.54) is 10.6 Å². The molecule has 0 unspecified atom stereocenters. The molecule has 1 fully saturated rings. The summed E-state index contributed by atoms with van der Waals surface area (Å²) in [5.74, 6) is -0.144. The maximum atomic E-state index is 11.4. The Balaban J connectivity index is 1.89. The van der Waals surface area contributed by atoms with Crippen LogP contribution in [-0.2, 0) is 29.0 Å². The van der Waals surface area contributed by atoms with E-state index in [2.05, 4.69) is 10.2 Å². The molecule has 0 aromatic rings. The van der Waals surface area contributed by atoms with E-state index < -0.39 is 10.0 Å². The molecule has 0 atom stereocenters. The van der Waals surface area contributed by atoms with Crippen molar-refractivity contribution in [2.75, 3.05) is 78.6 Å². The zero-order valence-electron chi connectivity index (χ0n) is 16.1. The number of carbonyl (C=O) groups is 1. The molecule has 1 aliphatic rings. The van der Waals surface area contributed by atoms with Crippen molar-refractivity contribution in [3.63, 3.8) is 0 Å². The highest BCUT2D eigenvalue weighted by atomic mass is 32.2. The second-order valence-electron chi connectivity index (χ2n) is 6.44. The maximum absolute atomic E-state index is 11.4. The second kappa shape index (κ2) is 12.6. The first-order chi connectivity index (χ1) is 12.3. The van der Waals surface area contributed by atoms with Gasteiger partial charge in [-0.25, -0.2) is 8.42 Å². The van der Waals surface area contributed by atoms with Crippen LogP contribution in [0.2, 0.25) is 0 Å². The average Bonchev–Trinajstić information content (AvgIpc) is 2.58. The molecule has 1 aliphatic heterocycles. The molecule has 0 aromatic carbocycles. The van der Waals surface area contributed by atoms with E-state index in [4.69, 9.17) is 14.2 Å². The van der Waals surface area contributed by atoms with E-state index in [0.29, 0.717) is 46.1 Å². The van der Waals surface area contributed by atoms with Gasteiger partial charge in [-0.2, -0.15) is 4.31 Å². The molecular formula is C16H33N3O6S.